The molecule has 0 spiro atoms. The summed E-state index contributed by atoms with van der Waals surface area (Å²) >= 11 is 6.56. The molecule has 98 valence electrons. The van der Waals surface area contributed by atoms with Crippen LogP contribution in [-0.2, 0) is 4.74 Å². The van der Waals surface area contributed by atoms with Crippen LogP contribution in [0.3, 0.4) is 0 Å². The Balaban J connectivity index is 2.97. The van der Waals surface area contributed by atoms with Gasteiger partial charge in [-0.25, -0.2) is 4.79 Å². The highest BCUT2D eigenvalue weighted by Crippen LogP contribution is 2.30. The van der Waals surface area contributed by atoms with E-state index < -0.39 is 11.7 Å². The molecule has 1 amide bonds. The van der Waals surface area contributed by atoms with E-state index in [1.807, 2.05) is 0 Å². The zero-order valence-corrected chi connectivity index (χ0v) is 13.4. The van der Waals surface area contributed by atoms with Gasteiger partial charge < -0.3 is 4.74 Å². The van der Waals surface area contributed by atoms with Crippen LogP contribution in [0.4, 0.5) is 10.5 Å². The summed E-state index contributed by atoms with van der Waals surface area (Å²) in [6.07, 6.45) is 0.0657. The van der Waals surface area contributed by atoms with Crippen LogP contribution in [-0.4, -0.2) is 18.0 Å². The third-order valence-electron chi connectivity index (χ3n) is 1.84. The van der Waals surface area contributed by atoms with Gasteiger partial charge in [-0.2, -0.15) is 0 Å². The first-order valence-corrected chi connectivity index (χ1v) is 6.76. The summed E-state index contributed by atoms with van der Waals surface area (Å²) in [6, 6.07) is 3.35. The van der Waals surface area contributed by atoms with Crippen LogP contribution in [0, 0.1) is 0 Å². The van der Waals surface area contributed by atoms with Crippen LogP contribution in [0.2, 0.25) is 0 Å². The highest BCUT2D eigenvalue weighted by Gasteiger charge is 2.18. The van der Waals surface area contributed by atoms with Gasteiger partial charge in [0.25, 0.3) is 0 Å². The lowest BCUT2D eigenvalue weighted by molar-refractivity contribution is 0.0636. The van der Waals surface area contributed by atoms with Gasteiger partial charge in [0, 0.05) is 14.5 Å². The molecule has 0 saturated carbocycles. The molecule has 1 aromatic carbocycles. The third kappa shape index (κ3) is 4.42. The molecule has 0 aromatic heterocycles. The summed E-state index contributed by atoms with van der Waals surface area (Å²) in [4.78, 5) is 22.6. The first-order valence-electron chi connectivity index (χ1n) is 5.17. The Bertz CT molecular complexity index is 481. The van der Waals surface area contributed by atoms with Gasteiger partial charge in [-0.05, 0) is 48.8 Å². The molecule has 0 aliphatic rings. The van der Waals surface area contributed by atoms with Crippen molar-refractivity contribution in [1.29, 1.82) is 0 Å². The third-order valence-corrected chi connectivity index (χ3v) is 2.92. The number of anilines is 1. The Labute approximate surface area is 122 Å². The van der Waals surface area contributed by atoms with Gasteiger partial charge in [0.2, 0.25) is 0 Å². The van der Waals surface area contributed by atoms with Crippen molar-refractivity contribution in [3.05, 3.63) is 26.6 Å². The average molecular weight is 379 g/mol. The molecule has 4 nitrogen and oxygen atoms in total. The number of aldehydes is 1. The number of carbonyl (C=O) groups is 2. The molecule has 0 atom stereocenters. The molecule has 6 heteroatoms. The molecule has 0 aliphatic carbocycles. The maximum absolute atomic E-state index is 11.7. The number of nitrogens with one attached hydrogen (secondary N) is 1. The Morgan fingerprint density at radius 2 is 1.94 bits per heavy atom. The van der Waals surface area contributed by atoms with Gasteiger partial charge >= 0.3 is 6.09 Å². The lowest BCUT2D eigenvalue weighted by Crippen LogP contribution is -2.27. The minimum Gasteiger partial charge on any atom is -0.444 e. The Hall–Kier alpha value is -0.880. The summed E-state index contributed by atoms with van der Waals surface area (Å²) in [5.41, 5.74) is 0.164. The highest BCUT2D eigenvalue weighted by molar-refractivity contribution is 9.11. The lowest BCUT2D eigenvalue weighted by atomic mass is 10.2. The van der Waals surface area contributed by atoms with Gasteiger partial charge in [-0.15, -0.1) is 0 Å². The van der Waals surface area contributed by atoms with Gasteiger partial charge in [-0.3, -0.25) is 10.1 Å². The van der Waals surface area contributed by atoms with E-state index in [9.17, 15) is 9.59 Å². The summed E-state index contributed by atoms with van der Waals surface area (Å²) in [6.45, 7) is 5.30. The molecular formula is C12H13Br2NO3. The standard InChI is InChI=1S/C12H13Br2NO3/c1-12(2,3)18-11(17)15-10-7(6-16)4-8(13)5-9(10)14/h4-6H,1-3H3,(H,15,17). The molecular weight excluding hydrogens is 366 g/mol. The monoisotopic (exact) mass is 377 g/mol. The number of carbonyl (C=O) groups excluding carboxylic acids is 2. The maximum Gasteiger partial charge on any atom is 0.412 e. The summed E-state index contributed by atoms with van der Waals surface area (Å²) in [7, 11) is 0. The predicted octanol–water partition coefficient (Wildman–Crippen LogP) is 4.37. The van der Waals surface area contributed by atoms with E-state index in [1.54, 1.807) is 32.9 Å². The minimum absolute atomic E-state index is 0.363. The summed E-state index contributed by atoms with van der Waals surface area (Å²) in [5, 5.41) is 2.55. The van der Waals surface area contributed by atoms with Crippen molar-refractivity contribution in [3.8, 4) is 0 Å². The van der Waals surface area contributed by atoms with E-state index >= 15 is 0 Å². The van der Waals surface area contributed by atoms with Gasteiger partial charge in [-0.1, -0.05) is 15.9 Å². The van der Waals surface area contributed by atoms with Crippen LogP contribution >= 0.6 is 31.9 Å². The topological polar surface area (TPSA) is 55.4 Å². The van der Waals surface area contributed by atoms with E-state index in [2.05, 4.69) is 37.2 Å². The van der Waals surface area contributed by atoms with E-state index in [0.717, 1.165) is 4.47 Å². The highest BCUT2D eigenvalue weighted by atomic mass is 79.9. The molecule has 1 aromatic rings. The lowest BCUT2D eigenvalue weighted by Gasteiger charge is -2.20. The molecule has 18 heavy (non-hydrogen) atoms. The number of hydrogen-bond donors (Lipinski definition) is 1. The zero-order chi connectivity index (χ0) is 13.9. The van der Waals surface area contributed by atoms with Crippen molar-refractivity contribution in [1.82, 2.24) is 0 Å². The molecule has 1 rings (SSSR count). The quantitative estimate of drug-likeness (QED) is 0.777. The molecule has 0 saturated heterocycles. The van der Waals surface area contributed by atoms with E-state index in [-0.39, 0.29) is 0 Å². The molecule has 0 radical (unpaired) electrons. The Morgan fingerprint density at radius 1 is 1.33 bits per heavy atom. The summed E-state index contributed by atoms with van der Waals surface area (Å²) in [5.74, 6) is 0. The van der Waals surface area contributed by atoms with Crippen molar-refractivity contribution in [2.75, 3.05) is 5.32 Å². The van der Waals surface area contributed by atoms with Crippen LogP contribution in [0.25, 0.3) is 0 Å². The number of amides is 1. The van der Waals surface area contributed by atoms with Crippen LogP contribution in [0.1, 0.15) is 31.1 Å². The second kappa shape index (κ2) is 5.84. The van der Waals surface area contributed by atoms with Crippen LogP contribution < -0.4 is 5.32 Å². The smallest absolute Gasteiger partial charge is 0.412 e. The van der Waals surface area contributed by atoms with Gasteiger partial charge in [0.1, 0.15) is 5.60 Å². The minimum atomic E-state index is -0.603. The second-order valence-electron chi connectivity index (χ2n) is 4.60. The predicted molar refractivity (Wildman–Crippen MR) is 77.1 cm³/mol. The average Bonchev–Trinajstić information content (AvgIpc) is 2.18. The Kier molecular flexibility index (Phi) is 4.92. The maximum atomic E-state index is 11.7. The fourth-order valence-electron chi connectivity index (χ4n) is 1.22. The van der Waals surface area contributed by atoms with Crippen molar-refractivity contribution in [3.63, 3.8) is 0 Å². The first-order chi connectivity index (χ1) is 8.23. The summed E-state index contributed by atoms with van der Waals surface area (Å²) < 4.78 is 6.47. The number of ether oxygens (including phenoxy) is 1. The molecule has 1 N–H and O–H groups in total. The number of rotatable bonds is 2. The number of halogens is 2. The number of benzene rings is 1. The van der Waals surface area contributed by atoms with Crippen molar-refractivity contribution in [2.24, 2.45) is 0 Å². The van der Waals surface area contributed by atoms with Gasteiger partial charge in [0.05, 0.1) is 5.69 Å². The zero-order valence-electron chi connectivity index (χ0n) is 10.2. The van der Waals surface area contributed by atoms with E-state index in [0.29, 0.717) is 22.0 Å². The van der Waals surface area contributed by atoms with Gasteiger partial charge in [0.15, 0.2) is 6.29 Å². The van der Waals surface area contributed by atoms with E-state index in [4.69, 9.17) is 4.74 Å². The molecule has 0 unspecified atom stereocenters. The Morgan fingerprint density at radius 3 is 2.44 bits per heavy atom. The first kappa shape index (κ1) is 15.2. The van der Waals surface area contributed by atoms with Crippen LogP contribution in [0.5, 0.6) is 0 Å². The van der Waals surface area contributed by atoms with Crippen LogP contribution in [0.15, 0.2) is 21.1 Å². The largest absolute Gasteiger partial charge is 0.444 e. The van der Waals surface area contributed by atoms with Crippen molar-refractivity contribution < 1.29 is 14.3 Å². The fourth-order valence-corrected chi connectivity index (χ4v) is 2.58. The number of hydrogen-bond acceptors (Lipinski definition) is 3. The SMILES string of the molecule is CC(C)(C)OC(=O)Nc1c(Br)cc(Br)cc1C=O. The van der Waals surface area contributed by atoms with Crippen molar-refractivity contribution >= 4 is 49.9 Å². The van der Waals surface area contributed by atoms with Crippen molar-refractivity contribution in [2.45, 2.75) is 26.4 Å². The fraction of sp³-hybridized carbons (Fsp3) is 0.333. The molecule has 0 heterocycles. The second-order valence-corrected chi connectivity index (χ2v) is 6.37. The molecule has 0 aliphatic heterocycles. The normalized spacial score (nSPS) is 10.9. The molecule has 0 fully saturated rings. The van der Waals surface area contributed by atoms with E-state index in [1.165, 1.54) is 0 Å². The molecule has 0 bridgehead atoms.